The summed E-state index contributed by atoms with van der Waals surface area (Å²) >= 11 is 0. The highest BCUT2D eigenvalue weighted by atomic mass is 16.3. The number of carbonyl (C=O) groups excluding carboxylic acids is 1. The summed E-state index contributed by atoms with van der Waals surface area (Å²) in [6.45, 7) is 2.47. The van der Waals surface area contributed by atoms with Gasteiger partial charge in [0, 0.05) is 13.6 Å². The highest BCUT2D eigenvalue weighted by Crippen LogP contribution is 2.37. The van der Waals surface area contributed by atoms with E-state index in [1.54, 1.807) is 14.0 Å². The molecule has 1 aliphatic heterocycles. The van der Waals surface area contributed by atoms with Gasteiger partial charge in [0.1, 0.15) is 5.60 Å². The van der Waals surface area contributed by atoms with Crippen LogP contribution < -0.4 is 10.6 Å². The van der Waals surface area contributed by atoms with Gasteiger partial charge < -0.3 is 15.7 Å². The first kappa shape index (κ1) is 13.1. The average molecular weight is 248 g/mol. The maximum absolute atomic E-state index is 11.5. The Balaban J connectivity index is 2.01. The monoisotopic (exact) mass is 248 g/mol. The second kappa shape index (κ2) is 4.71. The Labute approximate surface area is 107 Å². The van der Waals surface area contributed by atoms with Crippen molar-refractivity contribution in [1.29, 1.82) is 0 Å². The number of amides is 1. The first-order chi connectivity index (χ1) is 8.50. The van der Waals surface area contributed by atoms with E-state index in [0.29, 0.717) is 6.42 Å². The number of rotatable bonds is 5. The predicted octanol–water partition coefficient (Wildman–Crippen LogP) is 0.762. The predicted molar refractivity (Wildman–Crippen MR) is 70.0 cm³/mol. The van der Waals surface area contributed by atoms with Crippen LogP contribution in [0.2, 0.25) is 0 Å². The maximum atomic E-state index is 11.5. The van der Waals surface area contributed by atoms with Crippen LogP contribution in [0.4, 0.5) is 0 Å². The zero-order chi connectivity index (χ0) is 13.2. The van der Waals surface area contributed by atoms with Gasteiger partial charge in [0.2, 0.25) is 0 Å². The lowest BCUT2D eigenvalue weighted by molar-refractivity contribution is -0.138. The molecular formula is C14H20N2O2. The second-order valence-electron chi connectivity index (χ2n) is 5.15. The molecule has 0 aliphatic carbocycles. The molecule has 0 radical (unpaired) electrons. The highest BCUT2D eigenvalue weighted by molar-refractivity contribution is 5.84. The van der Waals surface area contributed by atoms with Crippen LogP contribution in [0, 0.1) is 0 Å². The van der Waals surface area contributed by atoms with Crippen LogP contribution in [0.1, 0.15) is 25.3 Å². The van der Waals surface area contributed by atoms with E-state index in [0.717, 1.165) is 13.0 Å². The summed E-state index contributed by atoms with van der Waals surface area (Å²) in [7, 11) is 1.54. The molecule has 1 heterocycles. The van der Waals surface area contributed by atoms with Crippen molar-refractivity contribution in [3.63, 3.8) is 0 Å². The van der Waals surface area contributed by atoms with E-state index in [-0.39, 0.29) is 11.4 Å². The third-order valence-electron chi connectivity index (χ3n) is 3.68. The van der Waals surface area contributed by atoms with Gasteiger partial charge in [-0.05, 0) is 25.3 Å². The molecule has 1 aromatic carbocycles. The van der Waals surface area contributed by atoms with Gasteiger partial charge in [0.15, 0.2) is 0 Å². The Morgan fingerprint density at radius 3 is 2.61 bits per heavy atom. The average Bonchev–Trinajstić information content (AvgIpc) is 3.18. The molecule has 1 amide bonds. The van der Waals surface area contributed by atoms with Gasteiger partial charge in [-0.25, -0.2) is 0 Å². The molecular weight excluding hydrogens is 228 g/mol. The van der Waals surface area contributed by atoms with Crippen LogP contribution in [0.15, 0.2) is 30.3 Å². The van der Waals surface area contributed by atoms with Crippen LogP contribution in [-0.2, 0) is 10.3 Å². The van der Waals surface area contributed by atoms with E-state index in [2.05, 4.69) is 22.8 Å². The summed E-state index contributed by atoms with van der Waals surface area (Å²) in [5.41, 5.74) is -0.141. The van der Waals surface area contributed by atoms with Crippen molar-refractivity contribution in [2.45, 2.75) is 30.9 Å². The number of likely N-dealkylation sites (N-methyl/N-ethyl adjacent to an activating group) is 1. The number of aliphatic hydroxyl groups is 1. The molecule has 0 spiro atoms. The van der Waals surface area contributed by atoms with E-state index in [1.807, 2.05) is 18.2 Å². The Morgan fingerprint density at radius 2 is 2.11 bits per heavy atom. The van der Waals surface area contributed by atoms with Crippen molar-refractivity contribution in [1.82, 2.24) is 10.6 Å². The Morgan fingerprint density at radius 1 is 1.50 bits per heavy atom. The number of benzene rings is 1. The zero-order valence-electron chi connectivity index (χ0n) is 10.9. The fourth-order valence-corrected chi connectivity index (χ4v) is 2.23. The van der Waals surface area contributed by atoms with Gasteiger partial charge in [-0.2, -0.15) is 0 Å². The van der Waals surface area contributed by atoms with Gasteiger partial charge in [0.25, 0.3) is 5.91 Å². The number of hydrogen-bond donors (Lipinski definition) is 3. The van der Waals surface area contributed by atoms with Crippen molar-refractivity contribution in [2.24, 2.45) is 0 Å². The molecule has 1 saturated heterocycles. The lowest BCUT2D eigenvalue weighted by Crippen LogP contribution is -2.43. The molecule has 3 N–H and O–H groups in total. The summed E-state index contributed by atoms with van der Waals surface area (Å²) < 4.78 is 0. The molecule has 18 heavy (non-hydrogen) atoms. The van der Waals surface area contributed by atoms with E-state index < -0.39 is 5.60 Å². The van der Waals surface area contributed by atoms with Crippen LogP contribution >= 0.6 is 0 Å². The van der Waals surface area contributed by atoms with Gasteiger partial charge in [-0.1, -0.05) is 30.3 Å². The highest BCUT2D eigenvalue weighted by Gasteiger charge is 2.45. The molecule has 98 valence electrons. The molecule has 4 nitrogen and oxygen atoms in total. The third kappa shape index (κ3) is 2.54. The number of nitrogens with one attached hydrogen (secondary N) is 2. The zero-order valence-corrected chi connectivity index (χ0v) is 10.9. The maximum Gasteiger partial charge on any atom is 0.251 e. The molecule has 2 atom stereocenters. The molecule has 0 unspecified atom stereocenters. The number of carbonyl (C=O) groups is 1. The van der Waals surface area contributed by atoms with Crippen LogP contribution in [0.3, 0.4) is 0 Å². The molecule has 1 aliphatic rings. The van der Waals surface area contributed by atoms with E-state index in [4.69, 9.17) is 0 Å². The quantitative estimate of drug-likeness (QED) is 0.674. The van der Waals surface area contributed by atoms with E-state index in [1.165, 1.54) is 5.56 Å². The lowest BCUT2D eigenvalue weighted by Gasteiger charge is -2.24. The molecule has 2 rings (SSSR count). The van der Waals surface area contributed by atoms with Gasteiger partial charge >= 0.3 is 0 Å². The minimum atomic E-state index is -1.30. The van der Waals surface area contributed by atoms with Gasteiger partial charge in [0.05, 0.1) is 5.54 Å². The third-order valence-corrected chi connectivity index (χ3v) is 3.68. The summed E-state index contributed by atoms with van der Waals surface area (Å²) in [6, 6.07) is 10.2. The Bertz CT molecular complexity index is 425. The van der Waals surface area contributed by atoms with Crippen LogP contribution in [0.5, 0.6) is 0 Å². The largest absolute Gasteiger partial charge is 0.380 e. The summed E-state index contributed by atoms with van der Waals surface area (Å²) in [4.78, 5) is 11.5. The fraction of sp³-hybridized carbons (Fsp3) is 0.500. The van der Waals surface area contributed by atoms with Crippen LogP contribution in [-0.4, -0.2) is 30.2 Å². The lowest BCUT2D eigenvalue weighted by atomic mass is 9.88. The standard InChI is InChI=1S/C14H20N2O2/c1-13(18,12(17)15-2)8-9-14(10-16-14)11-6-4-3-5-7-11/h3-7,16,18H,8-10H2,1-2H3,(H,15,17)/t13-,14-/m0/s1. The molecule has 1 fully saturated rings. The first-order valence-corrected chi connectivity index (χ1v) is 6.25. The normalized spacial score (nSPS) is 25.3. The second-order valence-corrected chi connectivity index (χ2v) is 5.15. The Kier molecular flexibility index (Phi) is 3.41. The Hall–Kier alpha value is -1.39. The minimum Gasteiger partial charge on any atom is -0.380 e. The summed E-state index contributed by atoms with van der Waals surface area (Å²) in [6.07, 6.45) is 1.19. The topological polar surface area (TPSA) is 71.3 Å². The first-order valence-electron chi connectivity index (χ1n) is 6.25. The minimum absolute atomic E-state index is 0.0563. The van der Waals surface area contributed by atoms with Crippen molar-refractivity contribution >= 4 is 5.91 Å². The molecule has 0 saturated carbocycles. The number of hydrogen-bond acceptors (Lipinski definition) is 3. The van der Waals surface area contributed by atoms with E-state index >= 15 is 0 Å². The van der Waals surface area contributed by atoms with Crippen LogP contribution in [0.25, 0.3) is 0 Å². The van der Waals surface area contributed by atoms with E-state index in [9.17, 15) is 9.90 Å². The summed E-state index contributed by atoms with van der Waals surface area (Å²) in [5, 5.41) is 15.9. The molecule has 1 aromatic rings. The molecule has 0 bridgehead atoms. The SMILES string of the molecule is CNC(=O)[C@@](C)(O)CC[C@@]1(c2ccccc2)CN1. The molecule has 4 heteroatoms. The van der Waals surface area contributed by atoms with Crippen molar-refractivity contribution < 1.29 is 9.90 Å². The van der Waals surface area contributed by atoms with Crippen molar-refractivity contribution in [3.8, 4) is 0 Å². The van der Waals surface area contributed by atoms with Crippen molar-refractivity contribution in [3.05, 3.63) is 35.9 Å². The molecule has 0 aromatic heterocycles. The summed E-state index contributed by atoms with van der Waals surface area (Å²) in [5.74, 6) is -0.327. The van der Waals surface area contributed by atoms with Gasteiger partial charge in [-0.3, -0.25) is 4.79 Å². The smallest absolute Gasteiger partial charge is 0.251 e. The van der Waals surface area contributed by atoms with Crippen molar-refractivity contribution in [2.75, 3.05) is 13.6 Å². The van der Waals surface area contributed by atoms with Gasteiger partial charge in [-0.15, -0.1) is 0 Å². The fourth-order valence-electron chi connectivity index (χ4n) is 2.23.